The molecule has 3 nitrogen and oxygen atoms in total. The van der Waals surface area contributed by atoms with Gasteiger partial charge in [0.2, 0.25) is 0 Å². The lowest BCUT2D eigenvalue weighted by molar-refractivity contribution is 0.0951. The normalized spacial score (nSPS) is 10.1. The van der Waals surface area contributed by atoms with Gasteiger partial charge in [-0.2, -0.15) is 0 Å². The Morgan fingerprint density at radius 1 is 1.11 bits per heavy atom. The maximum Gasteiger partial charge on any atom is 0.251 e. The average Bonchev–Trinajstić information content (AvgIpc) is 2.41. The molecule has 92 valence electrons. The van der Waals surface area contributed by atoms with Crippen LogP contribution in [-0.2, 0) is 6.54 Å². The largest absolute Gasteiger partial charge is 0.348 e. The van der Waals surface area contributed by atoms with Crippen LogP contribution in [0.25, 0.3) is 0 Å². The Kier molecular flexibility index (Phi) is 3.72. The average molecular weight is 240 g/mol. The third kappa shape index (κ3) is 2.94. The van der Waals surface area contributed by atoms with Crippen molar-refractivity contribution in [3.05, 3.63) is 65.0 Å². The van der Waals surface area contributed by atoms with Crippen molar-refractivity contribution in [2.24, 2.45) is 0 Å². The lowest BCUT2D eigenvalue weighted by Crippen LogP contribution is -2.22. The Labute approximate surface area is 107 Å². The summed E-state index contributed by atoms with van der Waals surface area (Å²) in [5.74, 6) is -0.0735. The summed E-state index contributed by atoms with van der Waals surface area (Å²) < 4.78 is 0. The van der Waals surface area contributed by atoms with E-state index in [1.807, 2.05) is 6.07 Å². The van der Waals surface area contributed by atoms with Gasteiger partial charge in [0.1, 0.15) is 0 Å². The fraction of sp³-hybridized carbons (Fsp3) is 0.200. The number of rotatable bonds is 3. The number of carbonyl (C=O) groups excluding carboxylic acids is 1. The Morgan fingerprint density at radius 2 is 1.83 bits per heavy atom. The van der Waals surface area contributed by atoms with Crippen LogP contribution < -0.4 is 5.32 Å². The smallest absolute Gasteiger partial charge is 0.251 e. The minimum absolute atomic E-state index is 0.0735. The van der Waals surface area contributed by atoms with Gasteiger partial charge in [0.25, 0.3) is 5.91 Å². The number of nitrogens with one attached hydrogen (secondary N) is 1. The van der Waals surface area contributed by atoms with Crippen LogP contribution in [0.15, 0.2) is 42.7 Å². The second-order valence-electron chi connectivity index (χ2n) is 4.34. The van der Waals surface area contributed by atoms with Crippen molar-refractivity contribution in [2.75, 3.05) is 0 Å². The molecule has 1 N–H and O–H groups in total. The third-order valence-corrected chi connectivity index (χ3v) is 2.97. The molecule has 0 aliphatic carbocycles. The summed E-state index contributed by atoms with van der Waals surface area (Å²) in [6.45, 7) is 4.69. The lowest BCUT2D eigenvalue weighted by atomic mass is 10.1. The van der Waals surface area contributed by atoms with Crippen LogP contribution in [0.5, 0.6) is 0 Å². The molecule has 0 fully saturated rings. The highest BCUT2D eigenvalue weighted by Crippen LogP contribution is 2.09. The fourth-order valence-corrected chi connectivity index (χ4v) is 1.70. The Hall–Kier alpha value is -2.16. The second-order valence-corrected chi connectivity index (χ2v) is 4.34. The van der Waals surface area contributed by atoms with Crippen molar-refractivity contribution < 1.29 is 4.79 Å². The second kappa shape index (κ2) is 5.45. The molecule has 3 heteroatoms. The number of benzene rings is 1. The highest BCUT2D eigenvalue weighted by atomic mass is 16.1. The zero-order valence-corrected chi connectivity index (χ0v) is 10.6. The van der Waals surface area contributed by atoms with E-state index in [1.54, 1.807) is 24.5 Å². The zero-order chi connectivity index (χ0) is 13.0. The summed E-state index contributed by atoms with van der Waals surface area (Å²) in [6, 6.07) is 9.62. The van der Waals surface area contributed by atoms with Gasteiger partial charge in [-0.3, -0.25) is 9.78 Å². The molecular weight excluding hydrogens is 224 g/mol. The summed E-state index contributed by atoms with van der Waals surface area (Å²) in [6.07, 6.45) is 3.23. The first-order valence-electron chi connectivity index (χ1n) is 5.91. The number of amides is 1. The van der Waals surface area contributed by atoms with E-state index in [0.717, 1.165) is 5.56 Å². The quantitative estimate of drug-likeness (QED) is 0.896. The summed E-state index contributed by atoms with van der Waals surface area (Å²) in [4.78, 5) is 15.7. The van der Waals surface area contributed by atoms with E-state index in [-0.39, 0.29) is 5.91 Å². The van der Waals surface area contributed by atoms with E-state index in [0.29, 0.717) is 12.1 Å². The molecule has 0 spiro atoms. The number of carbonyl (C=O) groups is 1. The van der Waals surface area contributed by atoms with Gasteiger partial charge in [0, 0.05) is 24.5 Å². The molecule has 0 saturated carbocycles. The lowest BCUT2D eigenvalue weighted by Gasteiger charge is -2.07. The molecule has 0 radical (unpaired) electrons. The molecule has 18 heavy (non-hydrogen) atoms. The standard InChI is InChI=1S/C15H16N2O/c1-11-3-4-13(9-12(11)2)10-17-15(18)14-5-7-16-8-6-14/h3-9H,10H2,1-2H3,(H,17,18). The van der Waals surface area contributed by atoms with Crippen molar-refractivity contribution in [1.29, 1.82) is 0 Å². The van der Waals surface area contributed by atoms with Crippen molar-refractivity contribution in [3.8, 4) is 0 Å². The van der Waals surface area contributed by atoms with Gasteiger partial charge in [0.05, 0.1) is 0 Å². The maximum atomic E-state index is 11.8. The van der Waals surface area contributed by atoms with Gasteiger partial charge >= 0.3 is 0 Å². The van der Waals surface area contributed by atoms with Gasteiger partial charge in [0.15, 0.2) is 0 Å². The number of hydrogen-bond donors (Lipinski definition) is 1. The number of hydrogen-bond acceptors (Lipinski definition) is 2. The molecule has 0 atom stereocenters. The molecule has 1 aromatic heterocycles. The Morgan fingerprint density at radius 3 is 2.50 bits per heavy atom. The summed E-state index contributed by atoms with van der Waals surface area (Å²) in [5, 5.41) is 2.90. The van der Waals surface area contributed by atoms with Crippen LogP contribution >= 0.6 is 0 Å². The molecule has 1 aromatic carbocycles. The molecule has 1 heterocycles. The van der Waals surface area contributed by atoms with Crippen LogP contribution in [0, 0.1) is 13.8 Å². The van der Waals surface area contributed by atoms with Crippen molar-refractivity contribution >= 4 is 5.91 Å². The molecule has 0 saturated heterocycles. The monoisotopic (exact) mass is 240 g/mol. The van der Waals surface area contributed by atoms with E-state index in [1.165, 1.54) is 11.1 Å². The number of aryl methyl sites for hydroxylation is 2. The summed E-state index contributed by atoms with van der Waals surface area (Å²) in [7, 11) is 0. The number of nitrogens with zero attached hydrogens (tertiary/aromatic N) is 1. The van der Waals surface area contributed by atoms with E-state index in [9.17, 15) is 4.79 Å². The van der Waals surface area contributed by atoms with E-state index < -0.39 is 0 Å². The summed E-state index contributed by atoms with van der Waals surface area (Å²) >= 11 is 0. The predicted octanol–water partition coefficient (Wildman–Crippen LogP) is 2.63. The molecule has 0 bridgehead atoms. The van der Waals surface area contributed by atoms with Gasteiger partial charge in [-0.15, -0.1) is 0 Å². The SMILES string of the molecule is Cc1ccc(CNC(=O)c2ccncc2)cc1C. The van der Waals surface area contributed by atoms with Crippen LogP contribution in [0.1, 0.15) is 27.0 Å². The van der Waals surface area contributed by atoms with Gasteiger partial charge < -0.3 is 5.32 Å². The highest BCUT2D eigenvalue weighted by molar-refractivity contribution is 5.93. The third-order valence-electron chi connectivity index (χ3n) is 2.97. The minimum atomic E-state index is -0.0735. The van der Waals surface area contributed by atoms with Crippen molar-refractivity contribution in [2.45, 2.75) is 20.4 Å². The first kappa shape index (κ1) is 12.3. The summed E-state index contributed by atoms with van der Waals surface area (Å²) in [5.41, 5.74) is 4.25. The van der Waals surface area contributed by atoms with E-state index in [2.05, 4.69) is 36.3 Å². The molecule has 2 aromatic rings. The van der Waals surface area contributed by atoms with Gasteiger partial charge in [-0.05, 0) is 42.7 Å². The first-order valence-corrected chi connectivity index (χ1v) is 5.91. The fourth-order valence-electron chi connectivity index (χ4n) is 1.70. The maximum absolute atomic E-state index is 11.8. The van der Waals surface area contributed by atoms with Crippen molar-refractivity contribution in [3.63, 3.8) is 0 Å². The Bertz CT molecular complexity index is 550. The van der Waals surface area contributed by atoms with E-state index >= 15 is 0 Å². The van der Waals surface area contributed by atoms with Crippen LogP contribution in [0.3, 0.4) is 0 Å². The molecule has 1 amide bonds. The number of aromatic nitrogens is 1. The molecule has 0 aliphatic heterocycles. The number of pyridine rings is 1. The zero-order valence-electron chi connectivity index (χ0n) is 10.6. The van der Waals surface area contributed by atoms with Gasteiger partial charge in [-0.25, -0.2) is 0 Å². The van der Waals surface area contributed by atoms with Crippen LogP contribution in [0.4, 0.5) is 0 Å². The van der Waals surface area contributed by atoms with E-state index in [4.69, 9.17) is 0 Å². The molecule has 0 unspecified atom stereocenters. The minimum Gasteiger partial charge on any atom is -0.348 e. The highest BCUT2D eigenvalue weighted by Gasteiger charge is 2.04. The first-order chi connectivity index (χ1) is 8.66. The molecule has 0 aliphatic rings. The molecular formula is C15H16N2O. The molecule has 2 rings (SSSR count). The Balaban J connectivity index is 1.99. The topological polar surface area (TPSA) is 42.0 Å². The predicted molar refractivity (Wildman–Crippen MR) is 71.3 cm³/mol. The van der Waals surface area contributed by atoms with Crippen LogP contribution in [-0.4, -0.2) is 10.9 Å². The van der Waals surface area contributed by atoms with Crippen molar-refractivity contribution in [1.82, 2.24) is 10.3 Å². The van der Waals surface area contributed by atoms with Gasteiger partial charge in [-0.1, -0.05) is 18.2 Å². The van der Waals surface area contributed by atoms with Crippen LogP contribution in [0.2, 0.25) is 0 Å².